The van der Waals surface area contributed by atoms with Crippen LogP contribution in [0.4, 0.5) is 4.39 Å². The molecule has 1 aliphatic rings. The standard InChI is InChI=1S/C19H19FO2/c1-19(2,3)11-7-8-13-14(9-11)15(10-17(21)22)12-5-4-6-16(20)18(12)13/h4-9,15H,10H2,1-3H3,(H,21,22). The number of halogens is 1. The molecular weight excluding hydrogens is 279 g/mol. The Morgan fingerprint density at radius 3 is 2.55 bits per heavy atom. The fraction of sp³-hybridized carbons (Fsp3) is 0.316. The van der Waals surface area contributed by atoms with Gasteiger partial charge < -0.3 is 5.11 Å². The Labute approximate surface area is 129 Å². The molecule has 0 fully saturated rings. The lowest BCUT2D eigenvalue weighted by molar-refractivity contribution is -0.137. The average Bonchev–Trinajstić information content (AvgIpc) is 2.72. The molecule has 0 heterocycles. The topological polar surface area (TPSA) is 37.3 Å². The number of aliphatic carboxylic acids is 1. The first-order valence-electron chi connectivity index (χ1n) is 7.44. The molecule has 0 aromatic heterocycles. The molecule has 114 valence electrons. The molecule has 1 aliphatic carbocycles. The Morgan fingerprint density at radius 2 is 1.91 bits per heavy atom. The molecule has 1 N–H and O–H groups in total. The van der Waals surface area contributed by atoms with E-state index in [0.29, 0.717) is 5.56 Å². The lowest BCUT2D eigenvalue weighted by Gasteiger charge is -2.21. The summed E-state index contributed by atoms with van der Waals surface area (Å²) in [4.78, 5) is 11.2. The highest BCUT2D eigenvalue weighted by molar-refractivity contribution is 5.82. The fourth-order valence-electron chi connectivity index (χ4n) is 3.22. The molecule has 1 unspecified atom stereocenters. The number of carboxylic acid groups (broad SMARTS) is 1. The van der Waals surface area contributed by atoms with Crippen molar-refractivity contribution >= 4 is 5.97 Å². The number of rotatable bonds is 2. The van der Waals surface area contributed by atoms with E-state index in [1.165, 1.54) is 6.07 Å². The second-order valence-electron chi connectivity index (χ2n) is 6.91. The van der Waals surface area contributed by atoms with Gasteiger partial charge in [0, 0.05) is 11.5 Å². The van der Waals surface area contributed by atoms with E-state index in [-0.39, 0.29) is 23.6 Å². The molecule has 0 aliphatic heterocycles. The van der Waals surface area contributed by atoms with Gasteiger partial charge in [0.1, 0.15) is 5.82 Å². The molecule has 22 heavy (non-hydrogen) atoms. The van der Waals surface area contributed by atoms with Gasteiger partial charge in [-0.2, -0.15) is 0 Å². The zero-order chi connectivity index (χ0) is 16.1. The van der Waals surface area contributed by atoms with Gasteiger partial charge in [-0.15, -0.1) is 0 Å². The monoisotopic (exact) mass is 298 g/mol. The van der Waals surface area contributed by atoms with Crippen molar-refractivity contribution in [3.05, 3.63) is 58.9 Å². The molecule has 2 nitrogen and oxygen atoms in total. The van der Waals surface area contributed by atoms with Crippen LogP contribution in [0.1, 0.15) is 49.8 Å². The summed E-state index contributed by atoms with van der Waals surface area (Å²) in [6.07, 6.45) is -0.0168. The van der Waals surface area contributed by atoms with E-state index >= 15 is 0 Å². The Morgan fingerprint density at radius 1 is 1.18 bits per heavy atom. The highest BCUT2D eigenvalue weighted by Gasteiger charge is 2.33. The number of benzene rings is 2. The normalized spacial score (nSPS) is 16.3. The van der Waals surface area contributed by atoms with E-state index in [1.807, 2.05) is 24.3 Å². The number of carbonyl (C=O) groups is 1. The third-order valence-corrected chi connectivity index (χ3v) is 4.36. The van der Waals surface area contributed by atoms with Crippen LogP contribution in [0.25, 0.3) is 11.1 Å². The van der Waals surface area contributed by atoms with Crippen LogP contribution in [0.5, 0.6) is 0 Å². The first-order valence-corrected chi connectivity index (χ1v) is 7.44. The van der Waals surface area contributed by atoms with Gasteiger partial charge in [-0.1, -0.05) is 51.1 Å². The van der Waals surface area contributed by atoms with E-state index in [4.69, 9.17) is 0 Å². The molecule has 0 bridgehead atoms. The van der Waals surface area contributed by atoms with Crippen LogP contribution in [0.3, 0.4) is 0 Å². The predicted molar refractivity (Wildman–Crippen MR) is 84.6 cm³/mol. The fourth-order valence-corrected chi connectivity index (χ4v) is 3.22. The van der Waals surface area contributed by atoms with Gasteiger partial charge in [-0.25, -0.2) is 4.39 Å². The average molecular weight is 298 g/mol. The summed E-state index contributed by atoms with van der Waals surface area (Å²) in [6.45, 7) is 6.34. The molecule has 0 amide bonds. The van der Waals surface area contributed by atoms with Crippen molar-refractivity contribution in [1.29, 1.82) is 0 Å². The molecule has 3 heteroatoms. The zero-order valence-electron chi connectivity index (χ0n) is 13.0. The smallest absolute Gasteiger partial charge is 0.304 e. The van der Waals surface area contributed by atoms with Crippen molar-refractivity contribution in [3.63, 3.8) is 0 Å². The van der Waals surface area contributed by atoms with Gasteiger partial charge in [0.05, 0.1) is 6.42 Å². The molecule has 0 spiro atoms. The molecule has 3 rings (SSSR count). The Bertz CT molecular complexity index is 757. The minimum Gasteiger partial charge on any atom is -0.481 e. The number of carboxylic acids is 1. The Balaban J connectivity index is 2.23. The largest absolute Gasteiger partial charge is 0.481 e. The van der Waals surface area contributed by atoms with Gasteiger partial charge in [0.2, 0.25) is 0 Å². The van der Waals surface area contributed by atoms with Crippen molar-refractivity contribution < 1.29 is 14.3 Å². The lowest BCUT2D eigenvalue weighted by atomic mass is 9.83. The third kappa shape index (κ3) is 2.31. The maximum atomic E-state index is 14.3. The third-order valence-electron chi connectivity index (χ3n) is 4.36. The van der Waals surface area contributed by atoms with Crippen LogP contribution in [0, 0.1) is 5.82 Å². The van der Waals surface area contributed by atoms with E-state index < -0.39 is 5.97 Å². The summed E-state index contributed by atoms with van der Waals surface area (Å²) in [6, 6.07) is 10.9. The van der Waals surface area contributed by atoms with Gasteiger partial charge >= 0.3 is 5.97 Å². The van der Waals surface area contributed by atoms with Crippen LogP contribution in [0.15, 0.2) is 36.4 Å². The summed E-state index contributed by atoms with van der Waals surface area (Å²) in [5.74, 6) is -1.43. The van der Waals surface area contributed by atoms with Crippen molar-refractivity contribution in [1.82, 2.24) is 0 Å². The summed E-state index contributed by atoms with van der Waals surface area (Å²) in [5.41, 5.74) is 4.20. The van der Waals surface area contributed by atoms with Gasteiger partial charge in [0.25, 0.3) is 0 Å². The maximum absolute atomic E-state index is 14.3. The SMILES string of the molecule is CC(C)(C)c1ccc2c(c1)C(CC(=O)O)c1cccc(F)c1-2. The first-order chi connectivity index (χ1) is 10.3. The number of hydrogen-bond donors (Lipinski definition) is 1. The molecule has 2 aromatic rings. The molecule has 0 saturated heterocycles. The quantitative estimate of drug-likeness (QED) is 0.871. The number of hydrogen-bond acceptors (Lipinski definition) is 1. The molecule has 0 saturated carbocycles. The summed E-state index contributed by atoms with van der Waals surface area (Å²) in [5, 5.41) is 9.23. The van der Waals surface area contributed by atoms with E-state index in [2.05, 4.69) is 20.8 Å². The summed E-state index contributed by atoms with van der Waals surface area (Å²) >= 11 is 0. The number of fused-ring (bicyclic) bond motifs is 3. The summed E-state index contributed by atoms with van der Waals surface area (Å²) < 4.78 is 14.3. The molecular formula is C19H19FO2. The minimum atomic E-state index is -0.866. The Hall–Kier alpha value is -2.16. The lowest BCUT2D eigenvalue weighted by Crippen LogP contribution is -2.12. The van der Waals surface area contributed by atoms with E-state index in [9.17, 15) is 14.3 Å². The Kier molecular flexibility index (Phi) is 3.32. The maximum Gasteiger partial charge on any atom is 0.304 e. The zero-order valence-corrected chi connectivity index (χ0v) is 13.0. The minimum absolute atomic E-state index is 0.0168. The van der Waals surface area contributed by atoms with Crippen molar-refractivity contribution in [2.24, 2.45) is 0 Å². The van der Waals surface area contributed by atoms with Gasteiger partial charge in [-0.05, 0) is 33.7 Å². The summed E-state index contributed by atoms with van der Waals surface area (Å²) in [7, 11) is 0. The molecule has 1 atom stereocenters. The van der Waals surface area contributed by atoms with Gasteiger partial charge in [-0.3, -0.25) is 4.79 Å². The highest BCUT2D eigenvalue weighted by atomic mass is 19.1. The van der Waals surface area contributed by atoms with Crippen molar-refractivity contribution in [2.75, 3.05) is 0 Å². The van der Waals surface area contributed by atoms with Crippen LogP contribution in [-0.4, -0.2) is 11.1 Å². The second kappa shape index (κ2) is 4.94. The van der Waals surface area contributed by atoms with Crippen LogP contribution < -0.4 is 0 Å². The molecule has 0 radical (unpaired) electrons. The van der Waals surface area contributed by atoms with E-state index in [1.54, 1.807) is 6.07 Å². The van der Waals surface area contributed by atoms with Crippen molar-refractivity contribution in [2.45, 2.75) is 38.5 Å². The van der Waals surface area contributed by atoms with Crippen LogP contribution in [-0.2, 0) is 10.2 Å². The van der Waals surface area contributed by atoms with E-state index in [0.717, 1.165) is 22.3 Å². The first kappa shape index (κ1) is 14.8. The predicted octanol–water partition coefficient (Wildman–Crippen LogP) is 4.71. The molecule has 2 aromatic carbocycles. The van der Waals surface area contributed by atoms with Crippen LogP contribution >= 0.6 is 0 Å². The van der Waals surface area contributed by atoms with Crippen LogP contribution in [0.2, 0.25) is 0 Å². The van der Waals surface area contributed by atoms with Gasteiger partial charge in [0.15, 0.2) is 0 Å². The second-order valence-corrected chi connectivity index (χ2v) is 6.91. The highest BCUT2D eigenvalue weighted by Crippen LogP contribution is 2.48. The van der Waals surface area contributed by atoms with Crippen molar-refractivity contribution in [3.8, 4) is 11.1 Å².